The van der Waals surface area contributed by atoms with E-state index in [1.54, 1.807) is 4.90 Å². The van der Waals surface area contributed by atoms with E-state index >= 15 is 0 Å². The molecule has 1 aromatic carbocycles. The van der Waals surface area contributed by atoms with Crippen molar-refractivity contribution in [3.8, 4) is 5.75 Å². The van der Waals surface area contributed by atoms with Crippen LogP contribution < -0.4 is 14.4 Å². The number of hydrogen-bond acceptors (Lipinski definition) is 4. The number of fused-ring (bicyclic) bond motifs is 3. The molecule has 18 heavy (non-hydrogen) atoms. The lowest BCUT2D eigenvalue weighted by molar-refractivity contribution is 0.408. The van der Waals surface area contributed by atoms with Crippen molar-refractivity contribution in [3.05, 3.63) is 17.9 Å². The summed E-state index contributed by atoms with van der Waals surface area (Å²) in [6.45, 7) is 0.656. The second-order valence-electron chi connectivity index (χ2n) is 4.43. The SMILES string of the molecule is COc1cc(F)c2c(c1)S(=O)(=O)NC1CCCN21. The van der Waals surface area contributed by atoms with Crippen molar-refractivity contribution in [2.24, 2.45) is 0 Å². The van der Waals surface area contributed by atoms with E-state index in [0.29, 0.717) is 13.0 Å². The Morgan fingerprint density at radius 2 is 2.28 bits per heavy atom. The van der Waals surface area contributed by atoms with Gasteiger partial charge in [0.2, 0.25) is 10.0 Å². The summed E-state index contributed by atoms with van der Waals surface area (Å²) in [6, 6.07) is 2.57. The lowest BCUT2D eigenvalue weighted by Crippen LogP contribution is -2.49. The number of ether oxygens (including phenoxy) is 1. The highest BCUT2D eigenvalue weighted by Crippen LogP contribution is 2.39. The molecule has 0 aliphatic carbocycles. The smallest absolute Gasteiger partial charge is 0.244 e. The first-order valence-electron chi connectivity index (χ1n) is 5.69. The van der Waals surface area contributed by atoms with Gasteiger partial charge in [-0.15, -0.1) is 0 Å². The van der Waals surface area contributed by atoms with Gasteiger partial charge in [0.15, 0.2) is 5.82 Å². The van der Waals surface area contributed by atoms with Gasteiger partial charge in [-0.1, -0.05) is 0 Å². The minimum atomic E-state index is -3.66. The number of anilines is 1. The Bertz CT molecular complexity index is 603. The fraction of sp³-hybridized carbons (Fsp3) is 0.455. The van der Waals surface area contributed by atoms with Crippen molar-refractivity contribution in [3.63, 3.8) is 0 Å². The van der Waals surface area contributed by atoms with Crippen LogP contribution in [0.15, 0.2) is 17.0 Å². The first-order chi connectivity index (χ1) is 8.53. The number of hydrogen-bond donors (Lipinski definition) is 1. The Labute approximate surface area is 105 Å². The number of benzene rings is 1. The largest absolute Gasteiger partial charge is 0.497 e. The van der Waals surface area contributed by atoms with Crippen LogP contribution in [0.5, 0.6) is 5.75 Å². The monoisotopic (exact) mass is 272 g/mol. The van der Waals surface area contributed by atoms with Crippen LogP contribution in [0.2, 0.25) is 0 Å². The maximum Gasteiger partial charge on any atom is 0.244 e. The van der Waals surface area contributed by atoms with E-state index in [1.165, 1.54) is 19.2 Å². The topological polar surface area (TPSA) is 58.6 Å². The van der Waals surface area contributed by atoms with Crippen LogP contribution in [-0.4, -0.2) is 28.2 Å². The molecule has 3 rings (SSSR count). The van der Waals surface area contributed by atoms with Gasteiger partial charge in [0.25, 0.3) is 0 Å². The second-order valence-corrected chi connectivity index (χ2v) is 6.11. The average molecular weight is 272 g/mol. The zero-order valence-electron chi connectivity index (χ0n) is 9.81. The predicted molar refractivity (Wildman–Crippen MR) is 63.6 cm³/mol. The van der Waals surface area contributed by atoms with E-state index in [9.17, 15) is 12.8 Å². The summed E-state index contributed by atoms with van der Waals surface area (Å²) in [5.74, 6) is -0.351. The van der Waals surface area contributed by atoms with Crippen molar-refractivity contribution >= 4 is 15.7 Å². The molecule has 1 unspecified atom stereocenters. The molecule has 1 fully saturated rings. The highest BCUT2D eigenvalue weighted by molar-refractivity contribution is 7.89. The summed E-state index contributed by atoms with van der Waals surface area (Å²) in [6.07, 6.45) is 1.22. The predicted octanol–water partition coefficient (Wildman–Crippen LogP) is 1.05. The van der Waals surface area contributed by atoms with Gasteiger partial charge in [-0.05, 0) is 12.8 Å². The number of nitrogens with one attached hydrogen (secondary N) is 1. The molecule has 0 bridgehead atoms. The van der Waals surface area contributed by atoms with Crippen LogP contribution in [-0.2, 0) is 10.0 Å². The minimum Gasteiger partial charge on any atom is -0.497 e. The molecule has 2 aliphatic rings. The lowest BCUT2D eigenvalue weighted by Gasteiger charge is -2.34. The number of methoxy groups -OCH3 is 1. The molecule has 5 nitrogen and oxygen atoms in total. The Balaban J connectivity index is 2.26. The first kappa shape index (κ1) is 11.7. The van der Waals surface area contributed by atoms with E-state index in [0.717, 1.165) is 6.42 Å². The normalized spacial score (nSPS) is 24.6. The molecule has 0 radical (unpaired) electrons. The summed E-state index contributed by atoms with van der Waals surface area (Å²) in [4.78, 5) is 1.73. The Morgan fingerprint density at radius 1 is 1.50 bits per heavy atom. The Morgan fingerprint density at radius 3 is 3.00 bits per heavy atom. The third-order valence-electron chi connectivity index (χ3n) is 3.36. The molecule has 2 heterocycles. The molecule has 1 N–H and O–H groups in total. The van der Waals surface area contributed by atoms with Crippen molar-refractivity contribution < 1.29 is 17.5 Å². The van der Waals surface area contributed by atoms with Crippen molar-refractivity contribution in [2.75, 3.05) is 18.6 Å². The summed E-state index contributed by atoms with van der Waals surface area (Å²) in [5, 5.41) is 0. The van der Waals surface area contributed by atoms with E-state index in [1.807, 2.05) is 0 Å². The maximum atomic E-state index is 14.1. The number of halogens is 1. The molecule has 98 valence electrons. The molecule has 0 amide bonds. The Hall–Kier alpha value is -1.34. The van der Waals surface area contributed by atoms with Gasteiger partial charge in [-0.25, -0.2) is 12.8 Å². The van der Waals surface area contributed by atoms with Crippen LogP contribution in [0.4, 0.5) is 10.1 Å². The summed E-state index contributed by atoms with van der Waals surface area (Å²) in [5.41, 5.74) is 0.164. The van der Waals surface area contributed by atoms with Crippen LogP contribution in [0.3, 0.4) is 0 Å². The number of sulfonamides is 1. The molecule has 1 saturated heterocycles. The molecule has 0 aromatic heterocycles. The molecule has 0 saturated carbocycles. The van der Waals surface area contributed by atoms with Crippen LogP contribution in [0, 0.1) is 5.82 Å². The van der Waals surface area contributed by atoms with Gasteiger partial charge in [0.05, 0.1) is 19.0 Å². The van der Waals surface area contributed by atoms with Gasteiger partial charge in [-0.2, -0.15) is 4.72 Å². The van der Waals surface area contributed by atoms with Gasteiger partial charge in [0.1, 0.15) is 10.6 Å². The molecule has 2 aliphatic heterocycles. The van der Waals surface area contributed by atoms with Crippen molar-refractivity contribution in [1.82, 2.24) is 4.72 Å². The maximum absolute atomic E-state index is 14.1. The van der Waals surface area contributed by atoms with Gasteiger partial charge < -0.3 is 9.64 Å². The molecular weight excluding hydrogens is 259 g/mol. The Kier molecular flexibility index (Phi) is 2.49. The fourth-order valence-electron chi connectivity index (χ4n) is 2.55. The quantitative estimate of drug-likeness (QED) is 0.830. The molecule has 1 aromatic rings. The first-order valence-corrected chi connectivity index (χ1v) is 7.18. The van der Waals surface area contributed by atoms with Crippen molar-refractivity contribution in [2.45, 2.75) is 23.9 Å². The summed E-state index contributed by atoms with van der Waals surface area (Å²) >= 11 is 0. The summed E-state index contributed by atoms with van der Waals surface area (Å²) in [7, 11) is -2.29. The van der Waals surface area contributed by atoms with E-state index in [-0.39, 0.29) is 22.5 Å². The zero-order valence-corrected chi connectivity index (χ0v) is 10.6. The summed E-state index contributed by atoms with van der Waals surface area (Å²) < 4.78 is 45.7. The van der Waals surface area contributed by atoms with Gasteiger partial charge in [-0.3, -0.25) is 0 Å². The van der Waals surface area contributed by atoms with E-state index < -0.39 is 15.8 Å². The van der Waals surface area contributed by atoms with Crippen LogP contribution in [0.1, 0.15) is 12.8 Å². The fourth-order valence-corrected chi connectivity index (χ4v) is 4.02. The molecule has 7 heteroatoms. The highest BCUT2D eigenvalue weighted by atomic mass is 32.2. The standard InChI is InChI=1S/C11H13FN2O3S/c1-17-7-5-8(12)11-9(6-7)18(15,16)13-10-3-2-4-14(10)11/h5-6,10,13H,2-4H2,1H3. The zero-order chi connectivity index (χ0) is 12.9. The third kappa shape index (κ3) is 1.58. The van der Waals surface area contributed by atoms with E-state index in [4.69, 9.17) is 4.74 Å². The average Bonchev–Trinajstić information content (AvgIpc) is 2.75. The van der Waals surface area contributed by atoms with Gasteiger partial charge >= 0.3 is 0 Å². The van der Waals surface area contributed by atoms with Gasteiger partial charge in [0, 0.05) is 18.7 Å². The van der Waals surface area contributed by atoms with Crippen LogP contribution in [0.25, 0.3) is 0 Å². The van der Waals surface area contributed by atoms with E-state index in [2.05, 4.69) is 4.72 Å². The molecular formula is C11H13FN2O3S. The number of nitrogens with zero attached hydrogens (tertiary/aromatic N) is 1. The molecule has 1 atom stereocenters. The minimum absolute atomic E-state index is 0.0440. The molecule has 0 spiro atoms. The second kappa shape index (κ2) is 3.83. The van der Waals surface area contributed by atoms with Crippen molar-refractivity contribution in [1.29, 1.82) is 0 Å². The lowest BCUT2D eigenvalue weighted by atomic mass is 10.2. The third-order valence-corrected chi connectivity index (χ3v) is 4.83. The number of rotatable bonds is 1. The van der Waals surface area contributed by atoms with Crippen LogP contribution >= 0.6 is 0 Å². The highest BCUT2D eigenvalue weighted by Gasteiger charge is 2.39.